The van der Waals surface area contributed by atoms with Gasteiger partial charge in [-0.25, -0.2) is 0 Å². The molecule has 0 radical (unpaired) electrons. The van der Waals surface area contributed by atoms with Gasteiger partial charge in [0.05, 0.1) is 6.61 Å². The topological polar surface area (TPSA) is 64.3 Å². The molecule has 1 atom stereocenters. The van der Waals surface area contributed by atoms with Crippen molar-refractivity contribution in [3.05, 3.63) is 58.6 Å². The van der Waals surface area contributed by atoms with Crippen LogP contribution < -0.4 is 11.1 Å². The van der Waals surface area contributed by atoms with E-state index >= 15 is 0 Å². The highest BCUT2D eigenvalue weighted by molar-refractivity contribution is 9.10. The molecular weight excluding hydrogens is 332 g/mol. The maximum atomic E-state index is 12.0. The van der Waals surface area contributed by atoms with E-state index in [1.807, 2.05) is 24.3 Å². The van der Waals surface area contributed by atoms with Crippen LogP contribution in [0, 0.1) is 0 Å². The summed E-state index contributed by atoms with van der Waals surface area (Å²) >= 11 is 3.45. The maximum absolute atomic E-state index is 12.0. The Hall–Kier alpha value is -1.85. The maximum Gasteiger partial charge on any atom is 0.253 e. The van der Waals surface area contributed by atoms with Gasteiger partial charge in [0.25, 0.3) is 5.91 Å². The van der Waals surface area contributed by atoms with Crippen molar-refractivity contribution in [3.63, 3.8) is 0 Å². The van der Waals surface area contributed by atoms with Crippen molar-refractivity contribution in [2.45, 2.75) is 19.6 Å². The quantitative estimate of drug-likeness (QED) is 0.811. The molecule has 0 saturated carbocycles. The Labute approximate surface area is 132 Å². The number of hydrogen-bond donors (Lipinski definition) is 2. The lowest BCUT2D eigenvalue weighted by molar-refractivity contribution is -0.127. The van der Waals surface area contributed by atoms with Gasteiger partial charge in [-0.3, -0.25) is 4.79 Å². The van der Waals surface area contributed by atoms with Crippen molar-refractivity contribution in [1.82, 2.24) is 0 Å². The highest BCUT2D eigenvalue weighted by atomic mass is 79.9. The van der Waals surface area contributed by atoms with Crippen LogP contribution in [0.15, 0.2) is 53.0 Å². The minimum atomic E-state index is -0.547. The third-order valence-electron chi connectivity index (χ3n) is 2.99. The third kappa shape index (κ3) is 4.58. The van der Waals surface area contributed by atoms with E-state index in [1.165, 1.54) is 0 Å². The summed E-state index contributed by atoms with van der Waals surface area (Å²) in [4.78, 5) is 12.0. The van der Waals surface area contributed by atoms with Crippen LogP contribution >= 0.6 is 15.9 Å². The van der Waals surface area contributed by atoms with Crippen LogP contribution in [-0.4, -0.2) is 12.0 Å². The normalized spacial score (nSPS) is 11.9. The van der Waals surface area contributed by atoms with Gasteiger partial charge in [-0.05, 0) is 42.8 Å². The van der Waals surface area contributed by atoms with Gasteiger partial charge in [-0.15, -0.1) is 0 Å². The van der Waals surface area contributed by atoms with Crippen molar-refractivity contribution in [3.8, 4) is 0 Å². The van der Waals surface area contributed by atoms with Gasteiger partial charge in [-0.1, -0.05) is 34.1 Å². The number of hydrogen-bond acceptors (Lipinski definition) is 3. The van der Waals surface area contributed by atoms with Gasteiger partial charge in [0.15, 0.2) is 0 Å². The Kier molecular flexibility index (Phi) is 5.36. The molecule has 0 heterocycles. The monoisotopic (exact) mass is 348 g/mol. The largest absolute Gasteiger partial charge is 0.399 e. The number of benzene rings is 2. The van der Waals surface area contributed by atoms with Crippen LogP contribution in [0.5, 0.6) is 0 Å². The lowest BCUT2D eigenvalue weighted by Crippen LogP contribution is -2.27. The second-order valence-electron chi connectivity index (χ2n) is 4.66. The average molecular weight is 349 g/mol. The number of rotatable bonds is 5. The molecule has 5 heteroatoms. The van der Waals surface area contributed by atoms with Gasteiger partial charge in [0.2, 0.25) is 0 Å². The van der Waals surface area contributed by atoms with Gasteiger partial charge < -0.3 is 15.8 Å². The van der Waals surface area contributed by atoms with Crippen LogP contribution in [-0.2, 0) is 16.1 Å². The van der Waals surface area contributed by atoms with Gasteiger partial charge in [0.1, 0.15) is 6.10 Å². The summed E-state index contributed by atoms with van der Waals surface area (Å²) in [5.74, 6) is -0.188. The molecule has 2 aromatic carbocycles. The molecule has 21 heavy (non-hydrogen) atoms. The number of nitrogen functional groups attached to an aromatic ring is 1. The lowest BCUT2D eigenvalue weighted by Gasteiger charge is -2.14. The minimum absolute atomic E-state index is 0.188. The summed E-state index contributed by atoms with van der Waals surface area (Å²) < 4.78 is 6.57. The molecule has 110 valence electrons. The predicted molar refractivity (Wildman–Crippen MR) is 87.9 cm³/mol. The number of nitrogens with two attached hydrogens (primary N) is 1. The molecular formula is C16H17BrN2O2. The second kappa shape index (κ2) is 7.24. The van der Waals surface area contributed by atoms with Crippen LogP contribution in [0.25, 0.3) is 0 Å². The van der Waals surface area contributed by atoms with Crippen LogP contribution in [0.1, 0.15) is 12.5 Å². The standard InChI is InChI=1S/C16H17BrN2O2/c1-11(21-10-12-4-2-3-5-15(12)17)16(20)19-14-8-6-13(18)7-9-14/h2-9,11H,10,18H2,1H3,(H,19,20). The SMILES string of the molecule is CC(OCc1ccccc1Br)C(=O)Nc1ccc(N)cc1. The highest BCUT2D eigenvalue weighted by Gasteiger charge is 2.14. The Balaban J connectivity index is 1.88. The first kappa shape index (κ1) is 15.5. The summed E-state index contributed by atoms with van der Waals surface area (Å²) in [7, 11) is 0. The van der Waals surface area contributed by atoms with Crippen molar-refractivity contribution >= 4 is 33.2 Å². The first-order valence-electron chi connectivity index (χ1n) is 6.57. The number of halogens is 1. The van der Waals surface area contributed by atoms with Crippen molar-refractivity contribution < 1.29 is 9.53 Å². The summed E-state index contributed by atoms with van der Waals surface area (Å²) in [5.41, 5.74) is 7.96. The first-order valence-corrected chi connectivity index (χ1v) is 7.37. The fourth-order valence-electron chi connectivity index (χ4n) is 1.72. The molecule has 0 saturated heterocycles. The van der Waals surface area contributed by atoms with Gasteiger partial charge in [-0.2, -0.15) is 0 Å². The fourth-order valence-corrected chi connectivity index (χ4v) is 2.12. The molecule has 2 rings (SSSR count). The van der Waals surface area contributed by atoms with E-state index in [1.54, 1.807) is 31.2 Å². The zero-order chi connectivity index (χ0) is 15.2. The summed E-state index contributed by atoms with van der Waals surface area (Å²) in [5, 5.41) is 2.79. The van der Waals surface area contributed by atoms with E-state index in [-0.39, 0.29) is 5.91 Å². The Morgan fingerprint density at radius 2 is 1.90 bits per heavy atom. The predicted octanol–water partition coefficient (Wildman–Crippen LogP) is 3.58. The van der Waals surface area contributed by atoms with Gasteiger partial charge >= 0.3 is 0 Å². The van der Waals surface area contributed by atoms with E-state index in [4.69, 9.17) is 10.5 Å². The molecule has 1 amide bonds. The summed E-state index contributed by atoms with van der Waals surface area (Å²) in [6, 6.07) is 14.8. The molecule has 0 aliphatic rings. The van der Waals surface area contributed by atoms with Crippen LogP contribution in [0.4, 0.5) is 11.4 Å². The molecule has 0 aliphatic heterocycles. The van der Waals surface area contributed by atoms with E-state index in [9.17, 15) is 4.79 Å². The molecule has 1 unspecified atom stereocenters. The van der Waals surface area contributed by atoms with E-state index < -0.39 is 6.10 Å². The van der Waals surface area contributed by atoms with Gasteiger partial charge in [0, 0.05) is 15.8 Å². The van der Waals surface area contributed by atoms with Crippen LogP contribution in [0.2, 0.25) is 0 Å². The molecule has 0 bridgehead atoms. The molecule has 4 nitrogen and oxygen atoms in total. The Bertz CT molecular complexity index is 614. The Morgan fingerprint density at radius 3 is 2.57 bits per heavy atom. The zero-order valence-corrected chi connectivity index (χ0v) is 13.3. The summed E-state index contributed by atoms with van der Waals surface area (Å²) in [6.45, 7) is 2.10. The van der Waals surface area contributed by atoms with E-state index in [0.717, 1.165) is 10.0 Å². The van der Waals surface area contributed by atoms with Crippen molar-refractivity contribution in [2.24, 2.45) is 0 Å². The molecule has 0 aromatic heterocycles. The number of anilines is 2. The third-order valence-corrected chi connectivity index (χ3v) is 3.77. The summed E-state index contributed by atoms with van der Waals surface area (Å²) in [6.07, 6.45) is -0.547. The zero-order valence-electron chi connectivity index (χ0n) is 11.7. The Morgan fingerprint density at radius 1 is 1.24 bits per heavy atom. The molecule has 0 fully saturated rings. The minimum Gasteiger partial charge on any atom is -0.399 e. The average Bonchev–Trinajstić information content (AvgIpc) is 2.48. The second-order valence-corrected chi connectivity index (χ2v) is 5.51. The van der Waals surface area contributed by atoms with Crippen molar-refractivity contribution in [2.75, 3.05) is 11.1 Å². The fraction of sp³-hybridized carbons (Fsp3) is 0.188. The number of amides is 1. The highest BCUT2D eigenvalue weighted by Crippen LogP contribution is 2.17. The molecule has 0 aliphatic carbocycles. The number of nitrogens with one attached hydrogen (secondary N) is 1. The number of ether oxygens (including phenoxy) is 1. The van der Waals surface area contributed by atoms with E-state index in [2.05, 4.69) is 21.2 Å². The van der Waals surface area contributed by atoms with E-state index in [0.29, 0.717) is 18.0 Å². The molecule has 2 aromatic rings. The smallest absolute Gasteiger partial charge is 0.253 e. The molecule has 3 N–H and O–H groups in total. The van der Waals surface area contributed by atoms with Crippen LogP contribution in [0.3, 0.4) is 0 Å². The molecule has 0 spiro atoms. The number of carbonyl (C=O) groups is 1. The lowest BCUT2D eigenvalue weighted by atomic mass is 10.2. The van der Waals surface area contributed by atoms with Crippen molar-refractivity contribution in [1.29, 1.82) is 0 Å². The first-order chi connectivity index (χ1) is 10.1. The number of carbonyl (C=O) groups excluding carboxylic acids is 1.